The van der Waals surface area contributed by atoms with Gasteiger partial charge in [0.15, 0.2) is 0 Å². The van der Waals surface area contributed by atoms with E-state index in [9.17, 15) is 8.42 Å². The Balaban J connectivity index is 2.31. The third kappa shape index (κ3) is 4.18. The first-order chi connectivity index (χ1) is 11.1. The van der Waals surface area contributed by atoms with Crippen LogP contribution in [0.4, 0.5) is 0 Å². The number of rotatable bonds is 7. The number of nitrogens with one attached hydrogen (secondary N) is 1. The number of hydrogen-bond acceptors (Lipinski definition) is 2. The lowest BCUT2D eigenvalue weighted by molar-refractivity contribution is 0.506. The van der Waals surface area contributed by atoms with Crippen LogP contribution in [-0.2, 0) is 23.2 Å². The van der Waals surface area contributed by atoms with Crippen molar-refractivity contribution in [2.75, 3.05) is 20.6 Å². The van der Waals surface area contributed by atoms with Crippen LogP contribution in [0.25, 0.3) is 10.9 Å². The predicted molar refractivity (Wildman–Crippen MR) is 101 cm³/mol. The van der Waals surface area contributed by atoms with Gasteiger partial charge in [0.2, 0.25) is 0 Å². The highest BCUT2D eigenvalue weighted by atomic mass is 32.2. The van der Waals surface area contributed by atoms with E-state index in [0.29, 0.717) is 18.9 Å². The normalized spacial score (nSPS) is 12.7. The molecule has 0 spiro atoms. The van der Waals surface area contributed by atoms with E-state index in [4.69, 9.17) is 0 Å². The zero-order valence-corrected chi connectivity index (χ0v) is 16.4. The Kier molecular flexibility index (Phi) is 5.73. The van der Waals surface area contributed by atoms with Crippen LogP contribution < -0.4 is 4.72 Å². The number of benzene rings is 1. The van der Waals surface area contributed by atoms with E-state index in [1.807, 2.05) is 0 Å². The summed E-state index contributed by atoms with van der Waals surface area (Å²) < 4.78 is 29.8. The highest BCUT2D eigenvalue weighted by molar-refractivity contribution is 7.87. The molecule has 0 saturated carbocycles. The average Bonchev–Trinajstić information content (AvgIpc) is 2.76. The summed E-state index contributed by atoms with van der Waals surface area (Å²) in [7, 11) is -0.311. The first-order valence-electron chi connectivity index (χ1n) is 8.38. The molecule has 0 fully saturated rings. The molecule has 134 valence electrons. The van der Waals surface area contributed by atoms with Crippen LogP contribution in [0.1, 0.15) is 30.5 Å². The summed E-state index contributed by atoms with van der Waals surface area (Å²) in [5, 5.41) is 1.22. The van der Waals surface area contributed by atoms with Crippen LogP contribution in [-0.4, -0.2) is 37.9 Å². The summed E-state index contributed by atoms with van der Waals surface area (Å²) in [5.74, 6) is 0.558. The molecule has 0 radical (unpaired) electrons. The van der Waals surface area contributed by atoms with Crippen LogP contribution in [0.2, 0.25) is 0 Å². The van der Waals surface area contributed by atoms with Crippen molar-refractivity contribution in [3.05, 3.63) is 35.0 Å². The standard InChI is InChI=1S/C18H29N3O2S/c1-13(2)11-21-12-16(7-8-19-24(22,23)20(5)6)17-9-14(3)15(4)10-18(17)21/h9-10,12-13,19H,7-8,11H2,1-6H3. The second kappa shape index (κ2) is 7.25. The zero-order valence-electron chi connectivity index (χ0n) is 15.5. The largest absolute Gasteiger partial charge is 0.347 e. The molecule has 0 saturated heterocycles. The fourth-order valence-corrected chi connectivity index (χ4v) is 3.43. The van der Waals surface area contributed by atoms with Gasteiger partial charge >= 0.3 is 0 Å². The first kappa shape index (κ1) is 19.0. The fourth-order valence-electron chi connectivity index (χ4n) is 2.81. The molecule has 0 unspecified atom stereocenters. The second-order valence-electron chi connectivity index (χ2n) is 7.09. The maximum atomic E-state index is 11.8. The minimum atomic E-state index is -3.37. The van der Waals surface area contributed by atoms with Gasteiger partial charge in [0.05, 0.1) is 0 Å². The minimum Gasteiger partial charge on any atom is -0.347 e. The van der Waals surface area contributed by atoms with Crippen molar-refractivity contribution in [2.24, 2.45) is 5.92 Å². The van der Waals surface area contributed by atoms with Gasteiger partial charge < -0.3 is 4.57 Å². The van der Waals surface area contributed by atoms with Gasteiger partial charge in [0.1, 0.15) is 0 Å². The van der Waals surface area contributed by atoms with Crippen LogP contribution in [0.5, 0.6) is 0 Å². The van der Waals surface area contributed by atoms with Gasteiger partial charge in [-0.3, -0.25) is 0 Å². The zero-order chi connectivity index (χ0) is 18.1. The molecule has 0 aliphatic carbocycles. The van der Waals surface area contributed by atoms with Gasteiger partial charge in [0.25, 0.3) is 10.2 Å². The topological polar surface area (TPSA) is 54.3 Å². The number of aromatic nitrogens is 1. The number of hydrogen-bond donors (Lipinski definition) is 1. The number of nitrogens with zero attached hydrogens (tertiary/aromatic N) is 2. The SMILES string of the molecule is Cc1cc2c(CCNS(=O)(=O)N(C)C)cn(CC(C)C)c2cc1C. The first-order valence-corrected chi connectivity index (χ1v) is 9.82. The summed E-state index contributed by atoms with van der Waals surface area (Å²) in [5.41, 5.74) is 4.97. The molecule has 5 nitrogen and oxygen atoms in total. The van der Waals surface area contributed by atoms with Gasteiger partial charge in [-0.25, -0.2) is 4.72 Å². The highest BCUT2D eigenvalue weighted by Gasteiger charge is 2.14. The van der Waals surface area contributed by atoms with Crippen molar-refractivity contribution in [3.8, 4) is 0 Å². The minimum absolute atomic E-state index is 0.397. The van der Waals surface area contributed by atoms with E-state index in [1.54, 1.807) is 0 Å². The Labute approximate surface area is 145 Å². The Morgan fingerprint density at radius 1 is 1.17 bits per heavy atom. The van der Waals surface area contributed by atoms with Crippen molar-refractivity contribution >= 4 is 21.1 Å². The van der Waals surface area contributed by atoms with Crippen LogP contribution in [0.3, 0.4) is 0 Å². The molecule has 1 N–H and O–H groups in total. The maximum Gasteiger partial charge on any atom is 0.278 e. The molecule has 6 heteroatoms. The quantitative estimate of drug-likeness (QED) is 0.834. The molecule has 0 aliphatic heterocycles. The van der Waals surface area contributed by atoms with Gasteiger partial charge in [0, 0.05) is 44.3 Å². The van der Waals surface area contributed by atoms with E-state index in [1.165, 1.54) is 46.0 Å². The Morgan fingerprint density at radius 2 is 1.79 bits per heavy atom. The molecule has 0 bridgehead atoms. The average molecular weight is 352 g/mol. The molecule has 0 amide bonds. The van der Waals surface area contributed by atoms with Crippen molar-refractivity contribution in [2.45, 2.75) is 40.7 Å². The summed E-state index contributed by atoms with van der Waals surface area (Å²) in [6.07, 6.45) is 2.85. The van der Waals surface area contributed by atoms with Crippen molar-refractivity contribution in [3.63, 3.8) is 0 Å². The van der Waals surface area contributed by atoms with Crippen LogP contribution in [0, 0.1) is 19.8 Å². The molecule has 24 heavy (non-hydrogen) atoms. The lowest BCUT2D eigenvalue weighted by Crippen LogP contribution is -2.36. The molecule has 0 atom stereocenters. The van der Waals surface area contributed by atoms with Crippen molar-refractivity contribution in [1.82, 2.24) is 13.6 Å². The second-order valence-corrected chi connectivity index (χ2v) is 9.06. The molecule has 1 heterocycles. The molecule has 2 rings (SSSR count). The van der Waals surface area contributed by atoms with Crippen LogP contribution >= 0.6 is 0 Å². The summed E-state index contributed by atoms with van der Waals surface area (Å²) in [6, 6.07) is 4.46. The van der Waals surface area contributed by atoms with Crippen LogP contribution in [0.15, 0.2) is 18.3 Å². The third-order valence-electron chi connectivity index (χ3n) is 4.30. The van der Waals surface area contributed by atoms with E-state index in [2.05, 4.69) is 55.3 Å². The van der Waals surface area contributed by atoms with Gasteiger partial charge in [-0.1, -0.05) is 13.8 Å². The summed E-state index contributed by atoms with van der Waals surface area (Å²) >= 11 is 0. The van der Waals surface area contributed by atoms with E-state index in [-0.39, 0.29) is 0 Å². The molecule has 2 aromatic rings. The Hall–Kier alpha value is -1.37. The van der Waals surface area contributed by atoms with Crippen molar-refractivity contribution in [1.29, 1.82) is 0 Å². The molecular formula is C18H29N3O2S. The smallest absolute Gasteiger partial charge is 0.278 e. The number of fused-ring (bicyclic) bond motifs is 1. The molecular weight excluding hydrogens is 322 g/mol. The fraction of sp³-hybridized carbons (Fsp3) is 0.556. The molecule has 1 aromatic carbocycles. The Bertz CT molecular complexity index is 820. The van der Waals surface area contributed by atoms with Crippen molar-refractivity contribution < 1.29 is 8.42 Å². The number of aryl methyl sites for hydroxylation is 2. The molecule has 1 aromatic heterocycles. The monoisotopic (exact) mass is 351 g/mol. The highest BCUT2D eigenvalue weighted by Crippen LogP contribution is 2.26. The van der Waals surface area contributed by atoms with E-state index >= 15 is 0 Å². The van der Waals surface area contributed by atoms with Gasteiger partial charge in [-0.05, 0) is 55.0 Å². The van der Waals surface area contributed by atoms with E-state index < -0.39 is 10.2 Å². The molecule has 0 aliphatic rings. The van der Waals surface area contributed by atoms with E-state index in [0.717, 1.165) is 6.54 Å². The Morgan fingerprint density at radius 3 is 2.38 bits per heavy atom. The lowest BCUT2D eigenvalue weighted by atomic mass is 10.0. The summed E-state index contributed by atoms with van der Waals surface area (Å²) in [6.45, 7) is 10.0. The maximum absolute atomic E-state index is 11.8. The summed E-state index contributed by atoms with van der Waals surface area (Å²) in [4.78, 5) is 0. The van der Waals surface area contributed by atoms with Gasteiger partial charge in [-0.2, -0.15) is 12.7 Å². The third-order valence-corrected chi connectivity index (χ3v) is 5.83. The lowest BCUT2D eigenvalue weighted by Gasteiger charge is -2.12. The predicted octanol–water partition coefficient (Wildman–Crippen LogP) is 2.85. The van der Waals surface area contributed by atoms with Gasteiger partial charge in [-0.15, -0.1) is 0 Å².